The predicted molar refractivity (Wildman–Crippen MR) is 128 cm³/mol. The number of fused-ring (bicyclic) bond motifs is 3. The smallest absolute Gasteiger partial charge is 0.258 e. The van der Waals surface area contributed by atoms with E-state index in [9.17, 15) is 9.18 Å². The van der Waals surface area contributed by atoms with Gasteiger partial charge in [0, 0.05) is 45.8 Å². The Morgan fingerprint density at radius 2 is 1.81 bits per heavy atom. The van der Waals surface area contributed by atoms with Gasteiger partial charge in [-0.2, -0.15) is 0 Å². The van der Waals surface area contributed by atoms with Crippen LogP contribution in [0.1, 0.15) is 17.3 Å². The van der Waals surface area contributed by atoms with Crippen LogP contribution in [0.15, 0.2) is 79.0 Å². The minimum absolute atomic E-state index is 0.0445. The molecule has 2 heterocycles. The van der Waals surface area contributed by atoms with Crippen molar-refractivity contribution >= 4 is 45.0 Å². The number of hydrogen-bond acceptors (Lipinski definition) is 2. The van der Waals surface area contributed by atoms with E-state index < -0.39 is 11.7 Å². The minimum atomic E-state index is -0.634. The highest BCUT2D eigenvalue weighted by atomic mass is 35.5. The van der Waals surface area contributed by atoms with Crippen molar-refractivity contribution in [1.82, 2.24) is 9.55 Å². The van der Waals surface area contributed by atoms with Gasteiger partial charge in [0.2, 0.25) is 0 Å². The van der Waals surface area contributed by atoms with Crippen molar-refractivity contribution in [3.63, 3.8) is 0 Å². The number of nitrogens with zero attached hydrogens (tertiary/aromatic N) is 2. The third kappa shape index (κ3) is 3.41. The van der Waals surface area contributed by atoms with Gasteiger partial charge < -0.3 is 9.88 Å². The Bertz CT molecular complexity index is 1490. The third-order valence-corrected chi connectivity index (χ3v) is 5.90. The number of para-hydroxylation sites is 1. The molecule has 0 fully saturated rings. The molecule has 0 spiro atoms. The first kappa shape index (κ1) is 20.2. The van der Waals surface area contributed by atoms with Gasteiger partial charge in [-0.05, 0) is 55.5 Å². The van der Waals surface area contributed by atoms with E-state index in [1.807, 2.05) is 30.3 Å². The van der Waals surface area contributed by atoms with Crippen LogP contribution in [-0.2, 0) is 6.54 Å². The number of hydrogen-bond donors (Lipinski definition) is 1. The van der Waals surface area contributed by atoms with Gasteiger partial charge in [0.25, 0.3) is 5.91 Å². The summed E-state index contributed by atoms with van der Waals surface area (Å²) >= 11 is 6.16. The first-order chi connectivity index (χ1) is 15.6. The number of aromatic nitrogens is 2. The van der Waals surface area contributed by atoms with Crippen LogP contribution in [0.3, 0.4) is 0 Å². The first-order valence-corrected chi connectivity index (χ1v) is 10.7. The van der Waals surface area contributed by atoms with E-state index in [-0.39, 0.29) is 5.56 Å². The van der Waals surface area contributed by atoms with Gasteiger partial charge in [-0.3, -0.25) is 9.78 Å². The number of aryl methyl sites for hydroxylation is 1. The Morgan fingerprint density at radius 3 is 2.59 bits per heavy atom. The normalized spacial score (nSPS) is 11.2. The molecule has 0 aliphatic carbocycles. The molecular formula is C26H19ClFN3O. The molecule has 32 heavy (non-hydrogen) atoms. The molecule has 158 valence electrons. The van der Waals surface area contributed by atoms with Crippen molar-refractivity contribution in [3.05, 3.63) is 95.4 Å². The lowest BCUT2D eigenvalue weighted by Crippen LogP contribution is -2.13. The quantitative estimate of drug-likeness (QED) is 0.327. The fraction of sp³-hybridized carbons (Fsp3) is 0.0769. The number of rotatable bonds is 4. The monoisotopic (exact) mass is 443 g/mol. The summed E-state index contributed by atoms with van der Waals surface area (Å²) in [6.45, 7) is 2.94. The van der Waals surface area contributed by atoms with Gasteiger partial charge in [-0.15, -0.1) is 0 Å². The molecule has 0 radical (unpaired) electrons. The molecular weight excluding hydrogens is 425 g/mol. The molecule has 4 nitrogen and oxygen atoms in total. The summed E-state index contributed by atoms with van der Waals surface area (Å²) in [5.41, 5.74) is 3.78. The number of benzene rings is 3. The zero-order valence-corrected chi connectivity index (χ0v) is 18.0. The average Bonchev–Trinajstić information content (AvgIpc) is 3.12. The minimum Gasteiger partial charge on any atom is -0.341 e. The Morgan fingerprint density at radius 1 is 1.00 bits per heavy atom. The maximum atomic E-state index is 14.8. The molecule has 6 heteroatoms. The largest absolute Gasteiger partial charge is 0.341 e. The topological polar surface area (TPSA) is 46.9 Å². The van der Waals surface area contributed by atoms with Gasteiger partial charge in [0.15, 0.2) is 0 Å². The predicted octanol–water partition coefficient (Wildman–Crippen LogP) is 6.92. The van der Waals surface area contributed by atoms with Crippen molar-refractivity contribution in [2.75, 3.05) is 5.32 Å². The van der Waals surface area contributed by atoms with Crippen molar-refractivity contribution in [1.29, 1.82) is 0 Å². The second-order valence-corrected chi connectivity index (χ2v) is 7.88. The molecule has 0 saturated carbocycles. The standard InChI is InChI=1S/C26H19ClFN3O/c1-2-31-23-8-4-3-6-18(23)20-15-17(10-12-24(20)31)30-26(32)19-11-9-16(14-22(19)28)25-21(27)7-5-13-29-25/h3-15H,2H2,1H3,(H,30,32). The SMILES string of the molecule is CCn1c2ccccc2c2cc(NC(=O)c3ccc(-c4ncccc4Cl)cc3F)ccc21. The van der Waals surface area contributed by atoms with E-state index in [1.54, 1.807) is 24.4 Å². The third-order valence-electron chi connectivity index (χ3n) is 5.59. The molecule has 0 aliphatic heterocycles. The molecule has 1 amide bonds. The maximum absolute atomic E-state index is 14.8. The van der Waals surface area contributed by atoms with Crippen LogP contribution in [0, 0.1) is 5.82 Å². The van der Waals surface area contributed by atoms with Crippen LogP contribution in [0.25, 0.3) is 33.1 Å². The van der Waals surface area contributed by atoms with E-state index in [0.717, 1.165) is 28.4 Å². The van der Waals surface area contributed by atoms with Crippen LogP contribution < -0.4 is 5.32 Å². The highest BCUT2D eigenvalue weighted by Gasteiger charge is 2.16. The molecule has 1 N–H and O–H groups in total. The zero-order chi connectivity index (χ0) is 22.2. The van der Waals surface area contributed by atoms with Crippen LogP contribution in [0.4, 0.5) is 10.1 Å². The molecule has 0 saturated heterocycles. The average molecular weight is 444 g/mol. The number of halogens is 2. The maximum Gasteiger partial charge on any atom is 0.258 e. The number of carbonyl (C=O) groups is 1. The summed E-state index contributed by atoms with van der Waals surface area (Å²) in [5.74, 6) is -1.15. The fourth-order valence-corrected chi connectivity index (χ4v) is 4.35. The number of nitrogens with one attached hydrogen (secondary N) is 1. The van der Waals surface area contributed by atoms with Gasteiger partial charge in [0.1, 0.15) is 5.82 Å². The van der Waals surface area contributed by atoms with Crippen LogP contribution in [-0.4, -0.2) is 15.5 Å². The lowest BCUT2D eigenvalue weighted by molar-refractivity contribution is 0.102. The van der Waals surface area contributed by atoms with Crippen LogP contribution >= 0.6 is 11.6 Å². The van der Waals surface area contributed by atoms with Crippen LogP contribution in [0.2, 0.25) is 5.02 Å². The number of pyridine rings is 1. The Hall–Kier alpha value is -3.70. The Labute approximate surface area is 189 Å². The molecule has 3 aromatic carbocycles. The van der Waals surface area contributed by atoms with Gasteiger partial charge in [0.05, 0.1) is 16.3 Å². The summed E-state index contributed by atoms with van der Waals surface area (Å²) in [6, 6.07) is 21.7. The zero-order valence-electron chi connectivity index (χ0n) is 17.3. The molecule has 0 unspecified atom stereocenters. The van der Waals surface area contributed by atoms with Crippen molar-refractivity contribution in [2.45, 2.75) is 13.5 Å². The number of anilines is 1. The first-order valence-electron chi connectivity index (χ1n) is 10.3. The van der Waals surface area contributed by atoms with Gasteiger partial charge in [-0.25, -0.2) is 4.39 Å². The second-order valence-electron chi connectivity index (χ2n) is 7.48. The number of carbonyl (C=O) groups excluding carboxylic acids is 1. The Balaban J connectivity index is 1.47. The lowest BCUT2D eigenvalue weighted by Gasteiger charge is -2.09. The van der Waals surface area contributed by atoms with Gasteiger partial charge in [-0.1, -0.05) is 35.9 Å². The number of amides is 1. The van der Waals surface area contributed by atoms with E-state index >= 15 is 0 Å². The molecule has 5 rings (SSSR count). The summed E-state index contributed by atoms with van der Waals surface area (Å²) in [7, 11) is 0. The molecule has 0 bridgehead atoms. The van der Waals surface area contributed by atoms with E-state index in [4.69, 9.17) is 11.6 Å². The van der Waals surface area contributed by atoms with Crippen LogP contribution in [0.5, 0.6) is 0 Å². The van der Waals surface area contributed by atoms with Crippen molar-refractivity contribution < 1.29 is 9.18 Å². The van der Waals surface area contributed by atoms with E-state index in [1.165, 1.54) is 12.1 Å². The lowest BCUT2D eigenvalue weighted by atomic mass is 10.1. The summed E-state index contributed by atoms with van der Waals surface area (Å²) < 4.78 is 17.0. The van der Waals surface area contributed by atoms with Crippen molar-refractivity contribution in [3.8, 4) is 11.3 Å². The van der Waals surface area contributed by atoms with Crippen molar-refractivity contribution in [2.24, 2.45) is 0 Å². The molecule has 2 aromatic heterocycles. The fourth-order valence-electron chi connectivity index (χ4n) is 4.12. The van der Waals surface area contributed by atoms with E-state index in [2.05, 4.69) is 33.9 Å². The molecule has 5 aromatic rings. The highest BCUT2D eigenvalue weighted by Crippen LogP contribution is 2.31. The van der Waals surface area contributed by atoms with Gasteiger partial charge >= 0.3 is 0 Å². The highest BCUT2D eigenvalue weighted by molar-refractivity contribution is 6.33. The van der Waals surface area contributed by atoms with E-state index in [0.29, 0.717) is 22.0 Å². The summed E-state index contributed by atoms with van der Waals surface area (Å²) in [5, 5.41) is 5.40. The summed E-state index contributed by atoms with van der Waals surface area (Å²) in [6.07, 6.45) is 1.59. The molecule has 0 atom stereocenters. The second kappa shape index (κ2) is 8.09. The molecule has 0 aliphatic rings. The summed E-state index contributed by atoms with van der Waals surface area (Å²) in [4.78, 5) is 17.0. The Kier molecular flexibility index (Phi) is 5.11.